The van der Waals surface area contributed by atoms with E-state index in [1.165, 1.54) is 24.9 Å². The lowest BCUT2D eigenvalue weighted by Crippen LogP contribution is -2.48. The molecular formula is C16H20Si. The third kappa shape index (κ3) is 1.73. The zero-order valence-electron chi connectivity index (χ0n) is 10.5. The van der Waals surface area contributed by atoms with E-state index in [4.69, 9.17) is 0 Å². The van der Waals surface area contributed by atoms with Gasteiger partial charge in [0.2, 0.25) is 0 Å². The minimum absolute atomic E-state index is 0.771. The van der Waals surface area contributed by atoms with Gasteiger partial charge in [-0.3, -0.25) is 0 Å². The van der Waals surface area contributed by atoms with Gasteiger partial charge in [0.15, 0.2) is 0 Å². The van der Waals surface area contributed by atoms with Gasteiger partial charge in [-0.2, -0.15) is 0 Å². The molecule has 1 aliphatic heterocycles. The van der Waals surface area contributed by atoms with Crippen LogP contribution in [0.15, 0.2) is 54.1 Å². The molecule has 0 aromatic heterocycles. The number of hydrogen-bond acceptors (Lipinski definition) is 0. The molecule has 0 radical (unpaired) electrons. The van der Waals surface area contributed by atoms with Crippen molar-refractivity contribution in [3.63, 3.8) is 0 Å². The summed E-state index contributed by atoms with van der Waals surface area (Å²) >= 11 is 0. The molecule has 1 aromatic rings. The fraction of sp³-hybridized carbons (Fsp3) is 0.375. The fourth-order valence-corrected chi connectivity index (χ4v) is 9.62. The van der Waals surface area contributed by atoms with Crippen molar-refractivity contribution in [3.8, 4) is 0 Å². The average Bonchev–Trinajstić information content (AvgIpc) is 2.99. The van der Waals surface area contributed by atoms with Crippen molar-refractivity contribution < 1.29 is 0 Å². The number of benzene rings is 1. The Hall–Kier alpha value is -1.08. The Labute approximate surface area is 105 Å². The zero-order valence-corrected chi connectivity index (χ0v) is 11.5. The molecule has 0 bridgehead atoms. The molecule has 0 spiro atoms. The quantitative estimate of drug-likeness (QED) is 0.685. The lowest BCUT2D eigenvalue weighted by atomic mass is 10.3. The lowest BCUT2D eigenvalue weighted by molar-refractivity contribution is 0.935. The first-order chi connectivity index (χ1) is 8.33. The Morgan fingerprint density at radius 1 is 1.06 bits per heavy atom. The van der Waals surface area contributed by atoms with Gasteiger partial charge in [-0.15, -0.1) is 0 Å². The molecule has 1 heteroatoms. The smallest absolute Gasteiger partial charge is 0.0797 e. The molecule has 2 aliphatic rings. The van der Waals surface area contributed by atoms with E-state index in [9.17, 15) is 0 Å². The summed E-state index contributed by atoms with van der Waals surface area (Å²) in [6.07, 6.45) is 9.95. The molecule has 0 amide bonds. The topological polar surface area (TPSA) is 0 Å². The third-order valence-corrected chi connectivity index (χ3v) is 10.4. The van der Waals surface area contributed by atoms with Gasteiger partial charge >= 0.3 is 0 Å². The molecule has 0 N–H and O–H groups in total. The Morgan fingerprint density at radius 2 is 1.76 bits per heavy atom. The molecular weight excluding hydrogens is 220 g/mol. The summed E-state index contributed by atoms with van der Waals surface area (Å²) in [6, 6.07) is 14.3. The standard InChI is InChI=1S/C16H20Si/c1-14-8-7-11-16(14)17(12-5-6-13-17)15-9-3-2-4-10-15/h2-4,7-11,16H,5-6,12-13H2,1H3. The predicted molar refractivity (Wildman–Crippen MR) is 77.3 cm³/mol. The van der Waals surface area contributed by atoms with E-state index < -0.39 is 8.07 Å². The van der Waals surface area contributed by atoms with Crippen LogP contribution in [-0.2, 0) is 0 Å². The van der Waals surface area contributed by atoms with Gasteiger partial charge in [0.05, 0.1) is 8.07 Å². The second-order valence-corrected chi connectivity index (χ2v) is 10.0. The van der Waals surface area contributed by atoms with Gasteiger partial charge in [0, 0.05) is 0 Å². The lowest BCUT2D eigenvalue weighted by Gasteiger charge is -2.34. The highest BCUT2D eigenvalue weighted by atomic mass is 28.3. The molecule has 1 unspecified atom stereocenters. The highest BCUT2D eigenvalue weighted by molar-refractivity contribution is 6.94. The maximum atomic E-state index is 2.47. The Morgan fingerprint density at radius 3 is 2.35 bits per heavy atom. The van der Waals surface area contributed by atoms with Crippen molar-refractivity contribution in [1.29, 1.82) is 0 Å². The third-order valence-electron chi connectivity index (χ3n) is 4.59. The monoisotopic (exact) mass is 240 g/mol. The van der Waals surface area contributed by atoms with Gasteiger partial charge in [-0.1, -0.05) is 84.2 Å². The molecule has 0 saturated carbocycles. The van der Waals surface area contributed by atoms with Crippen molar-refractivity contribution in [1.82, 2.24) is 0 Å². The van der Waals surface area contributed by atoms with Crippen molar-refractivity contribution >= 4 is 13.3 Å². The summed E-state index contributed by atoms with van der Waals surface area (Å²) in [7, 11) is -1.29. The minimum Gasteiger partial charge on any atom is -0.0797 e. The first-order valence-corrected chi connectivity index (χ1v) is 9.23. The normalized spacial score (nSPS) is 26.2. The SMILES string of the molecule is CC1=CC=CC1[Si]1(c2ccccc2)CCCC1. The maximum absolute atomic E-state index is 2.47. The molecule has 1 fully saturated rings. The van der Waals surface area contributed by atoms with E-state index in [0.29, 0.717) is 0 Å². The predicted octanol–water partition coefficient (Wildman–Crippen LogP) is 4.02. The second kappa shape index (κ2) is 4.30. The van der Waals surface area contributed by atoms with Crippen LogP contribution in [0.4, 0.5) is 0 Å². The average molecular weight is 240 g/mol. The van der Waals surface area contributed by atoms with Gasteiger partial charge in [-0.25, -0.2) is 0 Å². The van der Waals surface area contributed by atoms with Gasteiger partial charge in [0.25, 0.3) is 0 Å². The molecule has 1 heterocycles. The second-order valence-electron chi connectivity index (χ2n) is 5.50. The Bertz CT molecular complexity index is 450. The van der Waals surface area contributed by atoms with E-state index >= 15 is 0 Å². The Balaban J connectivity index is 2.05. The van der Waals surface area contributed by atoms with Crippen LogP contribution in [0.3, 0.4) is 0 Å². The fourth-order valence-electron chi connectivity index (χ4n) is 3.75. The van der Waals surface area contributed by atoms with Gasteiger partial charge < -0.3 is 0 Å². The van der Waals surface area contributed by atoms with E-state index in [0.717, 1.165) is 5.54 Å². The molecule has 1 saturated heterocycles. The van der Waals surface area contributed by atoms with Crippen LogP contribution < -0.4 is 5.19 Å². The molecule has 3 rings (SSSR count). The minimum atomic E-state index is -1.29. The van der Waals surface area contributed by atoms with E-state index in [1.54, 1.807) is 10.8 Å². The van der Waals surface area contributed by atoms with E-state index in [-0.39, 0.29) is 0 Å². The molecule has 0 nitrogen and oxygen atoms in total. The summed E-state index contributed by atoms with van der Waals surface area (Å²) in [5, 5.41) is 1.68. The van der Waals surface area contributed by atoms with Crippen molar-refractivity contribution in [2.24, 2.45) is 0 Å². The van der Waals surface area contributed by atoms with Crippen LogP contribution in [0.25, 0.3) is 0 Å². The first-order valence-electron chi connectivity index (χ1n) is 6.73. The molecule has 17 heavy (non-hydrogen) atoms. The van der Waals surface area contributed by atoms with E-state index in [2.05, 4.69) is 55.5 Å². The number of rotatable bonds is 2. The first kappa shape index (κ1) is 11.0. The highest BCUT2D eigenvalue weighted by Crippen LogP contribution is 2.44. The van der Waals surface area contributed by atoms with Gasteiger partial charge in [-0.05, 0) is 12.5 Å². The summed E-state index contributed by atoms with van der Waals surface area (Å²) in [6.45, 7) is 2.32. The summed E-state index contributed by atoms with van der Waals surface area (Å²) < 4.78 is 0. The van der Waals surface area contributed by atoms with Gasteiger partial charge in [0.1, 0.15) is 0 Å². The van der Waals surface area contributed by atoms with Crippen LogP contribution in [-0.4, -0.2) is 8.07 Å². The zero-order chi connectivity index (χ0) is 11.7. The maximum Gasteiger partial charge on any atom is 0.0974 e. The Kier molecular flexibility index (Phi) is 2.79. The van der Waals surface area contributed by atoms with Crippen LogP contribution in [0.5, 0.6) is 0 Å². The molecule has 1 aliphatic carbocycles. The summed E-state index contributed by atoms with van der Waals surface area (Å²) in [5.74, 6) is 0. The van der Waals surface area contributed by atoms with Crippen molar-refractivity contribution in [3.05, 3.63) is 54.1 Å². The largest absolute Gasteiger partial charge is 0.0974 e. The van der Waals surface area contributed by atoms with Crippen LogP contribution >= 0.6 is 0 Å². The van der Waals surface area contributed by atoms with Crippen LogP contribution in [0.1, 0.15) is 19.8 Å². The highest BCUT2D eigenvalue weighted by Gasteiger charge is 2.44. The molecule has 88 valence electrons. The van der Waals surface area contributed by atoms with Crippen LogP contribution in [0.2, 0.25) is 17.6 Å². The van der Waals surface area contributed by atoms with E-state index in [1.807, 2.05) is 0 Å². The summed E-state index contributed by atoms with van der Waals surface area (Å²) in [5.41, 5.74) is 2.37. The molecule has 1 atom stereocenters. The molecule has 1 aromatic carbocycles. The van der Waals surface area contributed by atoms with Crippen molar-refractivity contribution in [2.75, 3.05) is 0 Å². The van der Waals surface area contributed by atoms with Crippen molar-refractivity contribution in [2.45, 2.75) is 37.4 Å². The number of hydrogen-bond donors (Lipinski definition) is 0. The summed E-state index contributed by atoms with van der Waals surface area (Å²) in [4.78, 5) is 0. The van der Waals surface area contributed by atoms with Crippen LogP contribution in [0, 0.1) is 0 Å². The number of allylic oxidation sites excluding steroid dienone is 4.